The van der Waals surface area contributed by atoms with Crippen molar-refractivity contribution >= 4 is 35.0 Å². The molecule has 0 fully saturated rings. The average molecular weight is 501 g/mol. The number of nitrogens with one attached hydrogen (secondary N) is 1. The zero-order valence-electron chi connectivity index (χ0n) is 20.4. The Morgan fingerprint density at radius 2 is 1.46 bits per heavy atom. The lowest BCUT2D eigenvalue weighted by Crippen LogP contribution is -2.45. The van der Waals surface area contributed by atoms with E-state index >= 15 is 0 Å². The SMILES string of the molecule is Cc1cccc(C)c1NC(=O)[C@@H](c1ccc([N+](=O)[O-])cc1)N(C)C(=O)CN1C(=O)c2ccccc2C1=O. The zero-order chi connectivity index (χ0) is 26.9. The Balaban J connectivity index is 1.64. The quantitative estimate of drug-likeness (QED) is 0.299. The minimum Gasteiger partial charge on any atom is -0.328 e. The molecule has 188 valence electrons. The van der Waals surface area contributed by atoms with Crippen molar-refractivity contribution < 1.29 is 24.1 Å². The van der Waals surface area contributed by atoms with Gasteiger partial charge in [-0.2, -0.15) is 0 Å². The summed E-state index contributed by atoms with van der Waals surface area (Å²) in [7, 11) is 1.39. The first-order chi connectivity index (χ1) is 17.6. The number of fused-ring (bicyclic) bond motifs is 1. The zero-order valence-corrected chi connectivity index (χ0v) is 20.4. The number of carbonyl (C=O) groups is 4. The smallest absolute Gasteiger partial charge is 0.269 e. The number of amides is 4. The van der Waals surface area contributed by atoms with Gasteiger partial charge in [-0.25, -0.2) is 0 Å². The number of rotatable bonds is 7. The average Bonchev–Trinajstić information content (AvgIpc) is 3.11. The molecule has 1 heterocycles. The molecule has 37 heavy (non-hydrogen) atoms. The number of imide groups is 1. The van der Waals surface area contributed by atoms with Crippen LogP contribution in [0.3, 0.4) is 0 Å². The second-order valence-electron chi connectivity index (χ2n) is 8.75. The van der Waals surface area contributed by atoms with Crippen LogP contribution in [0, 0.1) is 24.0 Å². The highest BCUT2D eigenvalue weighted by Crippen LogP contribution is 2.28. The Bertz CT molecular complexity index is 1380. The van der Waals surface area contributed by atoms with Crippen LogP contribution < -0.4 is 5.32 Å². The minimum atomic E-state index is -1.19. The maximum Gasteiger partial charge on any atom is 0.269 e. The van der Waals surface area contributed by atoms with Crippen molar-refractivity contribution in [1.82, 2.24) is 9.80 Å². The van der Waals surface area contributed by atoms with E-state index in [9.17, 15) is 29.3 Å². The molecule has 3 aromatic carbocycles. The highest BCUT2D eigenvalue weighted by atomic mass is 16.6. The van der Waals surface area contributed by atoms with Crippen molar-refractivity contribution in [2.24, 2.45) is 0 Å². The third-order valence-corrected chi connectivity index (χ3v) is 6.35. The molecule has 10 heteroatoms. The largest absolute Gasteiger partial charge is 0.328 e. The fraction of sp³-hybridized carbons (Fsp3) is 0.185. The first-order valence-electron chi connectivity index (χ1n) is 11.4. The molecule has 0 bridgehead atoms. The van der Waals surface area contributed by atoms with Crippen LogP contribution in [-0.2, 0) is 9.59 Å². The van der Waals surface area contributed by atoms with Gasteiger partial charge in [-0.3, -0.25) is 34.2 Å². The number of non-ortho nitro benzene ring substituents is 1. The second-order valence-corrected chi connectivity index (χ2v) is 8.75. The molecular weight excluding hydrogens is 476 g/mol. The number of nitro benzene ring substituents is 1. The van der Waals surface area contributed by atoms with Crippen LogP contribution in [0.1, 0.15) is 43.4 Å². The van der Waals surface area contributed by atoms with E-state index in [1.165, 1.54) is 43.4 Å². The fourth-order valence-corrected chi connectivity index (χ4v) is 4.31. The molecule has 1 aliphatic rings. The second kappa shape index (κ2) is 10.0. The van der Waals surface area contributed by atoms with Crippen LogP contribution in [0.25, 0.3) is 0 Å². The van der Waals surface area contributed by atoms with Crippen LogP contribution in [0.15, 0.2) is 66.7 Å². The molecular formula is C27H24N4O6. The number of likely N-dealkylation sites (N-methyl/N-ethyl adjacent to an activating group) is 1. The van der Waals surface area contributed by atoms with Gasteiger partial charge in [0.15, 0.2) is 0 Å². The molecule has 0 radical (unpaired) electrons. The van der Waals surface area contributed by atoms with E-state index in [4.69, 9.17) is 0 Å². The van der Waals surface area contributed by atoms with Crippen molar-refractivity contribution in [1.29, 1.82) is 0 Å². The Labute approximate surface area is 212 Å². The molecule has 0 aliphatic carbocycles. The number of carbonyl (C=O) groups excluding carboxylic acids is 4. The molecule has 1 N–H and O–H groups in total. The van der Waals surface area contributed by atoms with Gasteiger partial charge in [-0.1, -0.05) is 30.3 Å². The van der Waals surface area contributed by atoms with Gasteiger partial charge in [0.2, 0.25) is 5.91 Å². The Kier molecular flexibility index (Phi) is 6.83. The molecule has 0 saturated carbocycles. The van der Waals surface area contributed by atoms with Crippen LogP contribution >= 0.6 is 0 Å². The number of aryl methyl sites for hydroxylation is 2. The van der Waals surface area contributed by atoms with Gasteiger partial charge >= 0.3 is 0 Å². The molecule has 0 spiro atoms. The summed E-state index contributed by atoms with van der Waals surface area (Å²) in [4.78, 5) is 64.9. The van der Waals surface area contributed by atoms with Crippen molar-refractivity contribution in [2.45, 2.75) is 19.9 Å². The molecule has 4 amide bonds. The number of anilines is 1. The molecule has 3 aromatic rings. The monoisotopic (exact) mass is 500 g/mol. The number of hydrogen-bond donors (Lipinski definition) is 1. The van der Waals surface area contributed by atoms with Gasteiger partial charge in [0, 0.05) is 24.9 Å². The number of benzene rings is 3. The summed E-state index contributed by atoms with van der Waals surface area (Å²) in [5.41, 5.74) is 2.79. The molecule has 0 aromatic heterocycles. The number of para-hydroxylation sites is 1. The fourth-order valence-electron chi connectivity index (χ4n) is 4.31. The van der Waals surface area contributed by atoms with Crippen molar-refractivity contribution in [3.8, 4) is 0 Å². The summed E-state index contributed by atoms with van der Waals surface area (Å²) in [5, 5.41) is 14.0. The van der Waals surface area contributed by atoms with Crippen LogP contribution in [-0.4, -0.2) is 51.9 Å². The summed E-state index contributed by atoms with van der Waals surface area (Å²) in [5.74, 6) is -2.39. The maximum atomic E-state index is 13.5. The molecule has 0 saturated heterocycles. The summed E-state index contributed by atoms with van der Waals surface area (Å²) in [6, 6.07) is 15.9. The lowest BCUT2D eigenvalue weighted by Gasteiger charge is -2.29. The van der Waals surface area contributed by atoms with Gasteiger partial charge in [0.05, 0.1) is 16.1 Å². The standard InChI is InChI=1S/C27H24N4O6/c1-16-7-6-8-17(2)23(16)28-25(33)24(18-11-13-19(14-12-18)31(36)37)29(3)22(32)15-30-26(34)20-9-4-5-10-21(20)27(30)35/h4-14,24H,15H2,1-3H3,(H,28,33)/t24-/m1/s1. The normalized spacial score (nSPS) is 13.2. The van der Waals surface area contributed by atoms with Gasteiger partial charge in [-0.05, 0) is 54.8 Å². The number of hydrogen-bond acceptors (Lipinski definition) is 6. The van der Waals surface area contributed by atoms with Crippen LogP contribution in [0.4, 0.5) is 11.4 Å². The van der Waals surface area contributed by atoms with E-state index in [2.05, 4.69) is 5.32 Å². The van der Waals surface area contributed by atoms with Crippen molar-refractivity contribution in [3.63, 3.8) is 0 Å². The Hall–Kier alpha value is -4.86. The highest BCUT2D eigenvalue weighted by Gasteiger charge is 2.38. The molecule has 0 unspecified atom stereocenters. The maximum absolute atomic E-state index is 13.5. The van der Waals surface area contributed by atoms with Crippen LogP contribution in [0.2, 0.25) is 0 Å². The van der Waals surface area contributed by atoms with Gasteiger partial charge in [0.1, 0.15) is 12.6 Å². The van der Waals surface area contributed by atoms with E-state index in [-0.39, 0.29) is 16.8 Å². The Morgan fingerprint density at radius 3 is 1.97 bits per heavy atom. The summed E-state index contributed by atoms with van der Waals surface area (Å²) in [6.07, 6.45) is 0. The highest BCUT2D eigenvalue weighted by molar-refractivity contribution is 6.22. The summed E-state index contributed by atoms with van der Waals surface area (Å²) >= 11 is 0. The summed E-state index contributed by atoms with van der Waals surface area (Å²) in [6.45, 7) is 3.10. The molecule has 10 nitrogen and oxygen atoms in total. The predicted octanol–water partition coefficient (Wildman–Crippen LogP) is 3.65. The third-order valence-electron chi connectivity index (χ3n) is 6.35. The number of nitrogens with zero attached hydrogens (tertiary/aromatic N) is 3. The number of nitro groups is 1. The Morgan fingerprint density at radius 1 is 0.919 bits per heavy atom. The van der Waals surface area contributed by atoms with Crippen molar-refractivity contribution in [2.75, 3.05) is 18.9 Å². The van der Waals surface area contributed by atoms with E-state index in [1.807, 2.05) is 32.0 Å². The lowest BCUT2D eigenvalue weighted by atomic mass is 10.0. The van der Waals surface area contributed by atoms with E-state index < -0.39 is 41.1 Å². The van der Waals surface area contributed by atoms with Crippen LogP contribution in [0.5, 0.6) is 0 Å². The van der Waals surface area contributed by atoms with E-state index in [0.29, 0.717) is 11.3 Å². The first kappa shape index (κ1) is 25.2. The molecule has 1 aliphatic heterocycles. The summed E-state index contributed by atoms with van der Waals surface area (Å²) < 4.78 is 0. The van der Waals surface area contributed by atoms with Gasteiger partial charge < -0.3 is 10.2 Å². The topological polar surface area (TPSA) is 130 Å². The van der Waals surface area contributed by atoms with E-state index in [0.717, 1.165) is 20.9 Å². The van der Waals surface area contributed by atoms with Crippen molar-refractivity contribution in [3.05, 3.63) is 105 Å². The predicted molar refractivity (Wildman–Crippen MR) is 135 cm³/mol. The first-order valence-corrected chi connectivity index (χ1v) is 11.4. The van der Waals surface area contributed by atoms with E-state index in [1.54, 1.807) is 12.1 Å². The minimum absolute atomic E-state index is 0.169. The lowest BCUT2D eigenvalue weighted by molar-refractivity contribution is -0.384. The van der Waals surface area contributed by atoms with Gasteiger partial charge in [0.25, 0.3) is 23.4 Å². The molecule has 1 atom stereocenters. The molecule has 4 rings (SSSR count). The third kappa shape index (κ3) is 4.81. The van der Waals surface area contributed by atoms with Gasteiger partial charge in [-0.15, -0.1) is 0 Å².